The normalized spacial score (nSPS) is 11.3. The second-order valence-corrected chi connectivity index (χ2v) is 11.9. The summed E-state index contributed by atoms with van der Waals surface area (Å²) in [5, 5.41) is 6.51. The van der Waals surface area contributed by atoms with Gasteiger partial charge in [0.05, 0.1) is 5.69 Å². The van der Waals surface area contributed by atoms with E-state index in [1.165, 1.54) is 11.6 Å². The molecule has 232 valence electrons. The Labute approximate surface area is 282 Å². The van der Waals surface area contributed by atoms with Gasteiger partial charge < -0.3 is 9.30 Å². The van der Waals surface area contributed by atoms with Crippen LogP contribution in [0.25, 0.3) is 44.4 Å². The molecule has 0 amide bonds. The van der Waals surface area contributed by atoms with E-state index in [0.29, 0.717) is 17.4 Å². The van der Waals surface area contributed by atoms with Gasteiger partial charge in [0, 0.05) is 34.5 Å². The van der Waals surface area contributed by atoms with E-state index in [1.54, 1.807) is 12.1 Å². The van der Waals surface area contributed by atoms with Crippen molar-refractivity contribution in [2.45, 2.75) is 40.5 Å². The first-order valence-electron chi connectivity index (χ1n) is 15.3. The molecule has 0 aliphatic carbocycles. The molecule has 3 aromatic heterocycles. The van der Waals surface area contributed by atoms with E-state index < -0.39 is 0 Å². The number of ether oxygens (including phenoxy) is 1. The zero-order valence-electron chi connectivity index (χ0n) is 26.1. The van der Waals surface area contributed by atoms with Gasteiger partial charge in [0.25, 0.3) is 0 Å². The summed E-state index contributed by atoms with van der Waals surface area (Å²) in [7, 11) is 0. The number of aryl methyl sites for hydroxylation is 2. The molecule has 0 fully saturated rings. The van der Waals surface area contributed by atoms with E-state index in [0.717, 1.165) is 68.7 Å². The number of nitrogens with zero attached hydrogens (tertiary/aromatic N) is 4. The van der Waals surface area contributed by atoms with Gasteiger partial charge in [-0.25, -0.2) is 9.37 Å². The van der Waals surface area contributed by atoms with Crippen LogP contribution >= 0.6 is 0 Å². The van der Waals surface area contributed by atoms with Gasteiger partial charge in [0.1, 0.15) is 11.6 Å². The Kier molecular flexibility index (Phi) is 8.92. The summed E-state index contributed by atoms with van der Waals surface area (Å²) in [4.78, 5) is 4.72. The molecule has 0 atom stereocenters. The molecule has 0 saturated heterocycles. The summed E-state index contributed by atoms with van der Waals surface area (Å²) in [6.07, 6.45) is 3.90. The zero-order valence-corrected chi connectivity index (χ0v) is 28.4. The molecule has 0 saturated carbocycles. The molecule has 7 heteroatoms. The van der Waals surface area contributed by atoms with E-state index in [4.69, 9.17) is 14.8 Å². The largest absolute Gasteiger partial charge is 2.00 e. The molecule has 7 aromatic rings. The number of pyridine rings is 1. The van der Waals surface area contributed by atoms with Crippen LogP contribution in [0, 0.1) is 37.7 Å². The topological polar surface area (TPSA) is 44.9 Å². The molecule has 0 unspecified atom stereocenters. The van der Waals surface area contributed by atoms with Crippen LogP contribution in [0.2, 0.25) is 0 Å². The van der Waals surface area contributed by atoms with Gasteiger partial charge in [-0.1, -0.05) is 49.7 Å². The van der Waals surface area contributed by atoms with Crippen molar-refractivity contribution in [3.8, 4) is 34.1 Å². The Balaban J connectivity index is 0.00000372. The number of hydrogen-bond donors (Lipinski definition) is 0. The monoisotopic (exact) mass is 787 g/mol. The van der Waals surface area contributed by atoms with Crippen LogP contribution in [-0.2, 0) is 27.5 Å². The Morgan fingerprint density at radius 1 is 0.848 bits per heavy atom. The third-order valence-corrected chi connectivity index (χ3v) is 8.22. The molecule has 0 N–H and O–H groups in total. The summed E-state index contributed by atoms with van der Waals surface area (Å²) >= 11 is 0. The third kappa shape index (κ3) is 6.02. The van der Waals surface area contributed by atoms with Crippen LogP contribution < -0.4 is 4.74 Å². The fraction of sp³-hybridized carbons (Fsp3) is 0.179. The van der Waals surface area contributed by atoms with Gasteiger partial charge >= 0.3 is 21.1 Å². The zero-order chi connectivity index (χ0) is 31.1. The van der Waals surface area contributed by atoms with Crippen molar-refractivity contribution in [2.24, 2.45) is 5.92 Å². The molecule has 0 spiro atoms. The van der Waals surface area contributed by atoms with Crippen molar-refractivity contribution in [3.05, 3.63) is 132 Å². The number of aromatic nitrogens is 4. The molecule has 0 radical (unpaired) electrons. The first kappa shape index (κ1) is 31.4. The smallest absolute Gasteiger partial charge is 0.509 e. The average molecular weight is 788 g/mol. The molecule has 0 aliphatic heterocycles. The van der Waals surface area contributed by atoms with Crippen molar-refractivity contribution < 1.29 is 30.2 Å². The van der Waals surface area contributed by atoms with Crippen molar-refractivity contribution in [1.29, 1.82) is 0 Å². The quantitative estimate of drug-likeness (QED) is 0.144. The molecular weight excluding hydrogens is 755 g/mol. The van der Waals surface area contributed by atoms with E-state index in [1.807, 2.05) is 70.9 Å². The maximum absolute atomic E-state index is 14.4. The number of benzene rings is 4. The number of rotatable bonds is 8. The number of fused-ring (bicyclic) bond motifs is 3. The maximum Gasteiger partial charge on any atom is 2.00 e. The van der Waals surface area contributed by atoms with Crippen LogP contribution in [-0.4, -0.2) is 19.3 Å². The molecule has 0 bridgehead atoms. The minimum Gasteiger partial charge on any atom is -0.509 e. The van der Waals surface area contributed by atoms with Gasteiger partial charge in [-0.05, 0) is 85.1 Å². The summed E-state index contributed by atoms with van der Waals surface area (Å²) in [5.41, 5.74) is 7.84. The van der Waals surface area contributed by atoms with Crippen LogP contribution in [0.3, 0.4) is 0 Å². The van der Waals surface area contributed by atoms with Gasteiger partial charge in [0.2, 0.25) is 0 Å². The Hall–Kier alpha value is -4.54. The summed E-state index contributed by atoms with van der Waals surface area (Å²) in [6.45, 7) is 8.55. The second-order valence-electron chi connectivity index (χ2n) is 11.9. The van der Waals surface area contributed by atoms with Crippen LogP contribution in [0.4, 0.5) is 4.39 Å². The van der Waals surface area contributed by atoms with Crippen molar-refractivity contribution in [3.63, 3.8) is 0 Å². The SMILES string of the molecule is Cc1nn(-c2[c-]c(Oc3[c-]c4c(cc3)c3cc(F)ccc3n4-c3cc(CCC(C)C)ccn3)ccc2)c(C)c1-c1ccccc1.[Pt+2]. The summed E-state index contributed by atoms with van der Waals surface area (Å²) in [6, 6.07) is 35.8. The van der Waals surface area contributed by atoms with E-state index in [-0.39, 0.29) is 26.9 Å². The van der Waals surface area contributed by atoms with Crippen LogP contribution in [0.5, 0.6) is 11.5 Å². The predicted octanol–water partition coefficient (Wildman–Crippen LogP) is 9.77. The predicted molar refractivity (Wildman–Crippen MR) is 178 cm³/mol. The fourth-order valence-corrected chi connectivity index (χ4v) is 6.03. The Morgan fingerprint density at radius 3 is 2.46 bits per heavy atom. The summed E-state index contributed by atoms with van der Waals surface area (Å²) < 4.78 is 24.7. The summed E-state index contributed by atoms with van der Waals surface area (Å²) in [5.74, 6) is 2.15. The Bertz CT molecular complexity index is 2170. The minimum atomic E-state index is -0.286. The molecule has 3 heterocycles. The molecule has 4 aromatic carbocycles. The second kappa shape index (κ2) is 13.1. The Morgan fingerprint density at radius 2 is 1.65 bits per heavy atom. The van der Waals surface area contributed by atoms with Crippen LogP contribution in [0.1, 0.15) is 37.2 Å². The molecule has 7 rings (SSSR count). The minimum absolute atomic E-state index is 0. The number of hydrogen-bond acceptors (Lipinski definition) is 3. The van der Waals surface area contributed by atoms with Gasteiger partial charge in [-0.15, -0.1) is 35.7 Å². The van der Waals surface area contributed by atoms with E-state index in [9.17, 15) is 4.39 Å². The number of halogens is 1. The van der Waals surface area contributed by atoms with Gasteiger partial charge in [0.15, 0.2) is 0 Å². The van der Waals surface area contributed by atoms with Gasteiger partial charge in [-0.2, -0.15) is 17.2 Å². The standard InChI is InChI=1S/C39H33FN4O.Pt/c1-25(2)13-14-28-19-20-41-38(21-28)43-36-18-15-30(40)22-35(36)34-17-16-33(24-37(34)43)45-32-12-8-11-31(23-32)44-27(4)39(26(3)42-44)29-9-6-5-7-10-29;/h5-12,15-22,25H,13-14H2,1-4H3;/q-2;+2. The molecule has 46 heavy (non-hydrogen) atoms. The first-order valence-corrected chi connectivity index (χ1v) is 15.3. The maximum atomic E-state index is 14.4. The van der Waals surface area contributed by atoms with Crippen LogP contribution in [0.15, 0.2) is 97.2 Å². The average Bonchev–Trinajstić information content (AvgIpc) is 3.52. The van der Waals surface area contributed by atoms with Gasteiger partial charge in [-0.3, -0.25) is 4.68 Å². The van der Waals surface area contributed by atoms with E-state index in [2.05, 4.69) is 57.2 Å². The van der Waals surface area contributed by atoms with Crippen molar-refractivity contribution in [2.75, 3.05) is 0 Å². The molecule has 5 nitrogen and oxygen atoms in total. The molecular formula is C39H33FN4OPt. The van der Waals surface area contributed by atoms with Crippen molar-refractivity contribution >= 4 is 21.8 Å². The molecule has 0 aliphatic rings. The van der Waals surface area contributed by atoms with E-state index >= 15 is 0 Å². The first-order chi connectivity index (χ1) is 21.9. The third-order valence-electron chi connectivity index (χ3n) is 8.22. The van der Waals surface area contributed by atoms with Crippen molar-refractivity contribution in [1.82, 2.24) is 19.3 Å². The fourth-order valence-electron chi connectivity index (χ4n) is 6.03.